The minimum Gasteiger partial charge on any atom is -0.459 e. The number of rotatable bonds is 7. The molecule has 0 aliphatic rings. The molecule has 0 spiro atoms. The number of hydrogen-bond acceptors (Lipinski definition) is 3. The van der Waals surface area contributed by atoms with E-state index >= 15 is 0 Å². The number of nitrogens with one attached hydrogen (secondary N) is 1. The van der Waals surface area contributed by atoms with Gasteiger partial charge in [0.2, 0.25) is 5.91 Å². The molecule has 0 heterocycles. The Morgan fingerprint density at radius 2 is 1.90 bits per heavy atom. The van der Waals surface area contributed by atoms with Crippen LogP contribution in [0, 0.1) is 5.92 Å². The summed E-state index contributed by atoms with van der Waals surface area (Å²) in [6, 6.07) is 8.87. The highest BCUT2D eigenvalue weighted by Gasteiger charge is 2.22. The summed E-state index contributed by atoms with van der Waals surface area (Å²) in [7, 11) is 0. The fourth-order valence-corrected chi connectivity index (χ4v) is 1.91. The minimum absolute atomic E-state index is 0.174. The summed E-state index contributed by atoms with van der Waals surface area (Å²) in [5.74, 6) is -0.316. The highest BCUT2D eigenvalue weighted by molar-refractivity contribution is 9.09. The topological polar surface area (TPSA) is 55.4 Å². The van der Waals surface area contributed by atoms with E-state index in [0.717, 1.165) is 5.56 Å². The second-order valence-corrected chi connectivity index (χ2v) is 5.54. The van der Waals surface area contributed by atoms with Gasteiger partial charge < -0.3 is 10.1 Å². The fraction of sp³-hybridized carbons (Fsp3) is 0.467. The first-order valence-corrected chi connectivity index (χ1v) is 7.71. The third-order valence-electron chi connectivity index (χ3n) is 2.67. The molecule has 0 aliphatic heterocycles. The van der Waals surface area contributed by atoms with E-state index in [1.165, 1.54) is 0 Å². The van der Waals surface area contributed by atoms with Crippen LogP contribution in [0.2, 0.25) is 0 Å². The van der Waals surface area contributed by atoms with E-state index < -0.39 is 12.0 Å². The standard InChI is InChI=1S/C15H20BrNO3/c1-11(2)8-13(17-14(18)9-16)15(19)20-10-12-6-4-3-5-7-12/h3-7,11,13H,8-10H2,1-2H3,(H,17,18)/t13-/m0/s1. The second-order valence-electron chi connectivity index (χ2n) is 4.98. The van der Waals surface area contributed by atoms with Gasteiger partial charge in [-0.05, 0) is 17.9 Å². The Bertz CT molecular complexity index is 434. The van der Waals surface area contributed by atoms with Crippen LogP contribution < -0.4 is 5.32 Å². The molecule has 5 heteroatoms. The highest BCUT2D eigenvalue weighted by Crippen LogP contribution is 2.09. The predicted octanol–water partition coefficient (Wildman–Crippen LogP) is 2.66. The first kappa shape index (κ1) is 16.7. The average Bonchev–Trinajstić information content (AvgIpc) is 2.44. The molecule has 0 fully saturated rings. The third kappa shape index (κ3) is 6.19. The molecule has 0 saturated carbocycles. The molecule has 1 rings (SSSR count). The highest BCUT2D eigenvalue weighted by atomic mass is 79.9. The fourth-order valence-electron chi connectivity index (χ4n) is 1.75. The average molecular weight is 342 g/mol. The zero-order valence-electron chi connectivity index (χ0n) is 11.8. The number of ether oxygens (including phenoxy) is 1. The van der Waals surface area contributed by atoms with Gasteiger partial charge in [-0.1, -0.05) is 60.1 Å². The quantitative estimate of drug-likeness (QED) is 0.612. The Morgan fingerprint density at radius 3 is 2.45 bits per heavy atom. The van der Waals surface area contributed by atoms with Gasteiger partial charge >= 0.3 is 5.97 Å². The van der Waals surface area contributed by atoms with Crippen molar-refractivity contribution in [3.05, 3.63) is 35.9 Å². The first-order valence-electron chi connectivity index (χ1n) is 6.58. The molecule has 1 aromatic carbocycles. The van der Waals surface area contributed by atoms with Crippen molar-refractivity contribution in [1.29, 1.82) is 0 Å². The Morgan fingerprint density at radius 1 is 1.25 bits per heavy atom. The van der Waals surface area contributed by atoms with E-state index in [4.69, 9.17) is 4.74 Å². The van der Waals surface area contributed by atoms with Gasteiger partial charge in [-0.25, -0.2) is 4.79 Å². The van der Waals surface area contributed by atoms with Crippen molar-refractivity contribution in [2.75, 3.05) is 5.33 Å². The van der Waals surface area contributed by atoms with Crippen molar-refractivity contribution < 1.29 is 14.3 Å². The largest absolute Gasteiger partial charge is 0.459 e. The van der Waals surface area contributed by atoms with Crippen LogP contribution in [-0.4, -0.2) is 23.2 Å². The van der Waals surface area contributed by atoms with Crippen LogP contribution in [0.5, 0.6) is 0 Å². The van der Waals surface area contributed by atoms with Crippen LogP contribution in [0.25, 0.3) is 0 Å². The normalized spacial score (nSPS) is 12.0. The maximum Gasteiger partial charge on any atom is 0.328 e. The first-order chi connectivity index (χ1) is 9.52. The molecule has 110 valence electrons. The van der Waals surface area contributed by atoms with Gasteiger partial charge in [0.25, 0.3) is 0 Å². The zero-order valence-corrected chi connectivity index (χ0v) is 13.4. The lowest BCUT2D eigenvalue weighted by molar-refractivity contribution is -0.149. The SMILES string of the molecule is CC(C)C[C@H](NC(=O)CBr)C(=O)OCc1ccccc1. The molecule has 0 unspecified atom stereocenters. The molecule has 0 bridgehead atoms. The van der Waals surface area contributed by atoms with Crippen LogP contribution in [0.4, 0.5) is 0 Å². The summed E-state index contributed by atoms with van der Waals surface area (Å²) in [6.07, 6.45) is 0.562. The molecular weight excluding hydrogens is 322 g/mol. The van der Waals surface area contributed by atoms with Gasteiger partial charge in [0.1, 0.15) is 12.6 Å². The maximum atomic E-state index is 12.1. The molecule has 0 radical (unpaired) electrons. The third-order valence-corrected chi connectivity index (χ3v) is 3.18. The van der Waals surface area contributed by atoms with Crippen LogP contribution in [-0.2, 0) is 20.9 Å². The van der Waals surface area contributed by atoms with Crippen molar-refractivity contribution >= 4 is 27.8 Å². The zero-order chi connectivity index (χ0) is 15.0. The molecule has 20 heavy (non-hydrogen) atoms. The molecule has 0 aliphatic carbocycles. The molecule has 1 amide bonds. The number of halogens is 1. The smallest absolute Gasteiger partial charge is 0.328 e. The summed E-state index contributed by atoms with van der Waals surface area (Å²) >= 11 is 3.07. The molecule has 1 atom stereocenters. The van der Waals surface area contributed by atoms with Gasteiger partial charge in [0, 0.05) is 0 Å². The van der Waals surface area contributed by atoms with E-state index in [0.29, 0.717) is 12.3 Å². The van der Waals surface area contributed by atoms with Crippen molar-refractivity contribution in [2.45, 2.75) is 32.9 Å². The Balaban J connectivity index is 2.56. The van der Waals surface area contributed by atoms with Crippen LogP contribution >= 0.6 is 15.9 Å². The predicted molar refractivity (Wildman–Crippen MR) is 81.4 cm³/mol. The van der Waals surface area contributed by atoms with Crippen LogP contribution in [0.3, 0.4) is 0 Å². The minimum atomic E-state index is -0.594. The van der Waals surface area contributed by atoms with Crippen molar-refractivity contribution in [3.8, 4) is 0 Å². The molecule has 4 nitrogen and oxygen atoms in total. The summed E-state index contributed by atoms with van der Waals surface area (Å²) in [6.45, 7) is 4.22. The molecule has 0 aromatic heterocycles. The van der Waals surface area contributed by atoms with Gasteiger partial charge in [-0.2, -0.15) is 0 Å². The van der Waals surface area contributed by atoms with Gasteiger partial charge in [0.05, 0.1) is 5.33 Å². The number of esters is 1. The number of hydrogen-bond donors (Lipinski definition) is 1. The molecule has 1 N–H and O–H groups in total. The summed E-state index contributed by atoms with van der Waals surface area (Å²) in [4.78, 5) is 23.5. The Kier molecular flexibility index (Phi) is 7.30. The number of carbonyl (C=O) groups excluding carboxylic acids is 2. The van der Waals surface area contributed by atoms with E-state index in [1.54, 1.807) is 0 Å². The second kappa shape index (κ2) is 8.74. The lowest BCUT2D eigenvalue weighted by Crippen LogP contribution is -2.43. The van der Waals surface area contributed by atoms with Gasteiger partial charge in [-0.15, -0.1) is 0 Å². The van der Waals surface area contributed by atoms with Crippen molar-refractivity contribution in [2.24, 2.45) is 5.92 Å². The lowest BCUT2D eigenvalue weighted by Gasteiger charge is -2.19. The van der Waals surface area contributed by atoms with Crippen LogP contribution in [0.1, 0.15) is 25.8 Å². The molecule has 0 saturated heterocycles. The Labute approximate surface area is 128 Å². The number of benzene rings is 1. The van der Waals surface area contributed by atoms with Crippen molar-refractivity contribution in [1.82, 2.24) is 5.32 Å². The van der Waals surface area contributed by atoms with E-state index in [1.807, 2.05) is 44.2 Å². The number of amides is 1. The molecule has 1 aromatic rings. The molecular formula is C15H20BrNO3. The van der Waals surface area contributed by atoms with Crippen LogP contribution in [0.15, 0.2) is 30.3 Å². The lowest BCUT2D eigenvalue weighted by atomic mass is 10.0. The van der Waals surface area contributed by atoms with E-state index in [2.05, 4.69) is 21.2 Å². The Hall–Kier alpha value is -1.36. The van der Waals surface area contributed by atoms with E-state index in [-0.39, 0.29) is 17.8 Å². The number of alkyl halides is 1. The van der Waals surface area contributed by atoms with Gasteiger partial charge in [0.15, 0.2) is 0 Å². The monoisotopic (exact) mass is 341 g/mol. The maximum absolute atomic E-state index is 12.1. The summed E-state index contributed by atoms with van der Waals surface area (Å²) in [5, 5.41) is 2.85. The summed E-state index contributed by atoms with van der Waals surface area (Å²) in [5.41, 5.74) is 0.927. The van der Waals surface area contributed by atoms with Gasteiger partial charge in [-0.3, -0.25) is 4.79 Å². The van der Waals surface area contributed by atoms with E-state index in [9.17, 15) is 9.59 Å². The summed E-state index contributed by atoms with van der Waals surface area (Å²) < 4.78 is 5.27. The number of carbonyl (C=O) groups is 2. The van der Waals surface area contributed by atoms with Crippen molar-refractivity contribution in [3.63, 3.8) is 0 Å².